The minimum Gasteiger partial charge on any atom is -0.441 e. The molecule has 1 heterocycles. The van der Waals surface area contributed by atoms with Crippen molar-refractivity contribution in [3.8, 4) is 11.1 Å². The number of ether oxygens (including phenoxy) is 1. The SMILES string of the molecule is C=C(Br)/C=C1\C(=C)C2=C(C=C(Br)CC2)C2(OC1=O)c1ccccc1-c1ccccc12. The molecule has 1 spiro atoms. The fourth-order valence-electron chi connectivity index (χ4n) is 4.76. The van der Waals surface area contributed by atoms with Crippen molar-refractivity contribution < 1.29 is 9.53 Å². The summed E-state index contributed by atoms with van der Waals surface area (Å²) < 4.78 is 8.15. The minimum absolute atomic E-state index is 0.397. The van der Waals surface area contributed by atoms with Crippen LogP contribution in [0.15, 0.2) is 105 Å². The van der Waals surface area contributed by atoms with Crippen LogP contribution in [0.2, 0.25) is 0 Å². The van der Waals surface area contributed by atoms with Crippen LogP contribution in [0.25, 0.3) is 11.1 Å². The number of benzene rings is 2. The van der Waals surface area contributed by atoms with Crippen LogP contribution in [0, 0.1) is 0 Å². The van der Waals surface area contributed by atoms with Crippen molar-refractivity contribution in [2.45, 2.75) is 18.4 Å². The Bertz CT molecular complexity index is 1200. The zero-order valence-corrected chi connectivity index (χ0v) is 19.3. The molecule has 0 radical (unpaired) electrons. The lowest BCUT2D eigenvalue weighted by Gasteiger charge is -2.34. The Morgan fingerprint density at radius 3 is 2.23 bits per heavy atom. The maximum absolute atomic E-state index is 13.5. The lowest BCUT2D eigenvalue weighted by atomic mass is 9.77. The second kappa shape index (κ2) is 7.07. The van der Waals surface area contributed by atoms with E-state index in [-0.39, 0.29) is 0 Å². The molecule has 5 rings (SSSR count). The van der Waals surface area contributed by atoms with Crippen LogP contribution >= 0.6 is 31.9 Å². The van der Waals surface area contributed by atoms with Crippen LogP contribution < -0.4 is 0 Å². The van der Waals surface area contributed by atoms with E-state index in [4.69, 9.17) is 4.74 Å². The van der Waals surface area contributed by atoms with E-state index < -0.39 is 11.6 Å². The largest absolute Gasteiger partial charge is 0.441 e. The van der Waals surface area contributed by atoms with Gasteiger partial charge in [0.2, 0.25) is 0 Å². The number of fused-ring (bicyclic) bond motifs is 6. The van der Waals surface area contributed by atoms with Crippen LogP contribution in [0.5, 0.6) is 0 Å². The predicted octanol–water partition coefficient (Wildman–Crippen LogP) is 7.23. The molecule has 2 aromatic carbocycles. The van der Waals surface area contributed by atoms with Gasteiger partial charge in [0.1, 0.15) is 0 Å². The molecule has 1 aliphatic heterocycles. The Morgan fingerprint density at radius 1 is 1.03 bits per heavy atom. The summed E-state index contributed by atoms with van der Waals surface area (Å²) in [5.74, 6) is -0.397. The molecule has 3 aliphatic rings. The lowest BCUT2D eigenvalue weighted by molar-refractivity contribution is -0.147. The fraction of sp³-hybridized carbons (Fsp3) is 0.115. The van der Waals surface area contributed by atoms with Crippen molar-refractivity contribution in [1.29, 1.82) is 0 Å². The second-order valence-electron chi connectivity index (χ2n) is 7.63. The van der Waals surface area contributed by atoms with E-state index in [1.807, 2.05) is 24.3 Å². The first-order chi connectivity index (χ1) is 14.4. The number of rotatable bonds is 1. The molecule has 2 aromatic rings. The fourth-order valence-corrected chi connectivity index (χ4v) is 5.41. The van der Waals surface area contributed by atoms with E-state index in [1.54, 1.807) is 6.08 Å². The van der Waals surface area contributed by atoms with Gasteiger partial charge < -0.3 is 4.74 Å². The smallest absolute Gasteiger partial charge is 0.340 e. The van der Waals surface area contributed by atoms with Crippen molar-refractivity contribution in [3.05, 3.63) is 116 Å². The third-order valence-corrected chi connectivity index (χ3v) is 6.83. The first-order valence-corrected chi connectivity index (χ1v) is 11.3. The third-order valence-electron chi connectivity index (χ3n) is 5.98. The van der Waals surface area contributed by atoms with Gasteiger partial charge in [-0.2, -0.15) is 0 Å². The minimum atomic E-state index is -1.01. The zero-order chi connectivity index (χ0) is 21.0. The van der Waals surface area contributed by atoms with Crippen molar-refractivity contribution in [2.24, 2.45) is 0 Å². The van der Waals surface area contributed by atoms with Crippen LogP contribution in [-0.2, 0) is 15.1 Å². The van der Waals surface area contributed by atoms with Crippen molar-refractivity contribution in [3.63, 3.8) is 0 Å². The van der Waals surface area contributed by atoms with Gasteiger partial charge in [0.05, 0.1) is 5.57 Å². The maximum Gasteiger partial charge on any atom is 0.340 e. The maximum atomic E-state index is 13.5. The second-order valence-corrected chi connectivity index (χ2v) is 9.67. The number of esters is 1. The molecular formula is C26H18Br2O2. The quantitative estimate of drug-likeness (QED) is 0.292. The summed E-state index contributed by atoms with van der Waals surface area (Å²) in [6, 6.07) is 16.3. The molecule has 0 bridgehead atoms. The molecule has 2 aliphatic carbocycles. The van der Waals surface area contributed by atoms with E-state index in [9.17, 15) is 4.79 Å². The Labute approximate surface area is 192 Å². The molecule has 4 heteroatoms. The lowest BCUT2D eigenvalue weighted by Crippen LogP contribution is -2.33. The summed E-state index contributed by atoms with van der Waals surface area (Å²) in [5.41, 5.74) is 6.30. The highest BCUT2D eigenvalue weighted by Gasteiger charge is 2.52. The third kappa shape index (κ3) is 2.70. The molecular weight excluding hydrogens is 504 g/mol. The molecule has 0 atom stereocenters. The molecule has 0 saturated heterocycles. The molecule has 0 aromatic heterocycles. The number of carbonyl (C=O) groups excluding carboxylic acids is 1. The van der Waals surface area contributed by atoms with Gasteiger partial charge in [0, 0.05) is 21.2 Å². The number of hydrogen-bond donors (Lipinski definition) is 0. The molecule has 0 N–H and O–H groups in total. The predicted molar refractivity (Wildman–Crippen MR) is 127 cm³/mol. The Morgan fingerprint density at radius 2 is 1.63 bits per heavy atom. The summed E-state index contributed by atoms with van der Waals surface area (Å²) in [6.07, 6.45) is 5.45. The number of allylic oxidation sites excluding steroid dienone is 4. The Hall–Kier alpha value is -2.43. The molecule has 0 unspecified atom stereocenters. The van der Waals surface area contributed by atoms with E-state index in [1.165, 1.54) is 0 Å². The molecule has 0 saturated carbocycles. The normalized spacial score (nSPS) is 20.3. The van der Waals surface area contributed by atoms with Crippen molar-refractivity contribution in [2.75, 3.05) is 0 Å². The van der Waals surface area contributed by atoms with E-state index in [0.717, 1.165) is 50.7 Å². The first kappa shape index (κ1) is 19.5. The highest BCUT2D eigenvalue weighted by Crippen LogP contribution is 2.58. The number of hydrogen-bond acceptors (Lipinski definition) is 2. The van der Waals surface area contributed by atoms with Gasteiger partial charge in [0.15, 0.2) is 5.60 Å². The molecule has 148 valence electrons. The zero-order valence-electron chi connectivity index (χ0n) is 16.2. The highest BCUT2D eigenvalue weighted by atomic mass is 79.9. The van der Waals surface area contributed by atoms with Crippen LogP contribution in [0.4, 0.5) is 0 Å². The van der Waals surface area contributed by atoms with Gasteiger partial charge in [-0.25, -0.2) is 4.79 Å². The van der Waals surface area contributed by atoms with Gasteiger partial charge in [-0.1, -0.05) is 93.5 Å². The molecule has 0 amide bonds. The van der Waals surface area contributed by atoms with Gasteiger partial charge in [-0.05, 0) is 51.7 Å². The summed E-state index contributed by atoms with van der Waals surface area (Å²) in [6.45, 7) is 8.18. The summed E-state index contributed by atoms with van der Waals surface area (Å²) in [4.78, 5) is 13.5. The van der Waals surface area contributed by atoms with Crippen LogP contribution in [0.3, 0.4) is 0 Å². The Kier molecular flexibility index (Phi) is 4.60. The monoisotopic (exact) mass is 520 g/mol. The molecule has 2 nitrogen and oxygen atoms in total. The van der Waals surface area contributed by atoms with E-state index in [0.29, 0.717) is 15.6 Å². The van der Waals surface area contributed by atoms with Gasteiger partial charge in [-0.3, -0.25) is 0 Å². The Balaban J connectivity index is 1.91. The van der Waals surface area contributed by atoms with Crippen molar-refractivity contribution in [1.82, 2.24) is 0 Å². The van der Waals surface area contributed by atoms with E-state index in [2.05, 4.69) is 75.4 Å². The van der Waals surface area contributed by atoms with Gasteiger partial charge >= 0.3 is 5.97 Å². The van der Waals surface area contributed by atoms with Gasteiger partial charge in [-0.15, -0.1) is 0 Å². The topological polar surface area (TPSA) is 26.3 Å². The standard InChI is InChI=1S/C26H18Br2O2/c1-15(27)13-21-16(2)18-12-11-17(28)14-24(18)26(30-25(21)29)22-9-5-3-7-19(22)20-8-4-6-10-23(20)26/h3-10,13-14H,1-2,11-12H2/b21-13+. The first-order valence-electron chi connectivity index (χ1n) is 9.71. The summed E-state index contributed by atoms with van der Waals surface area (Å²) >= 11 is 7.06. The van der Waals surface area contributed by atoms with Crippen LogP contribution in [-0.4, -0.2) is 5.97 Å². The molecule has 0 fully saturated rings. The summed E-state index contributed by atoms with van der Waals surface area (Å²) in [5, 5.41) is 0. The average Bonchev–Trinajstić information content (AvgIpc) is 2.98. The summed E-state index contributed by atoms with van der Waals surface area (Å²) in [7, 11) is 0. The number of carbonyl (C=O) groups is 1. The van der Waals surface area contributed by atoms with Crippen molar-refractivity contribution >= 4 is 37.8 Å². The van der Waals surface area contributed by atoms with Gasteiger partial charge in [0.25, 0.3) is 0 Å². The number of halogens is 2. The van der Waals surface area contributed by atoms with E-state index >= 15 is 0 Å². The van der Waals surface area contributed by atoms with Crippen LogP contribution in [0.1, 0.15) is 24.0 Å². The average molecular weight is 522 g/mol. The highest BCUT2D eigenvalue weighted by molar-refractivity contribution is 9.12. The molecule has 30 heavy (non-hydrogen) atoms.